The van der Waals surface area contributed by atoms with Gasteiger partial charge in [-0.15, -0.1) is 0 Å². The van der Waals surface area contributed by atoms with Crippen molar-refractivity contribution >= 4 is 29.1 Å². The minimum absolute atomic E-state index is 0.0527. The van der Waals surface area contributed by atoms with Gasteiger partial charge in [-0.25, -0.2) is 9.18 Å². The highest BCUT2D eigenvalue weighted by molar-refractivity contribution is 6.66. The maximum absolute atomic E-state index is 13.3. The molecule has 0 saturated heterocycles. The third kappa shape index (κ3) is 2.88. The molecule has 0 heterocycles. The molecule has 0 bridgehead atoms. The van der Waals surface area contributed by atoms with Crippen molar-refractivity contribution in [2.24, 2.45) is 0 Å². The van der Waals surface area contributed by atoms with Gasteiger partial charge in [0.15, 0.2) is 0 Å². The highest BCUT2D eigenvalue weighted by atomic mass is 35.5. The molecule has 0 unspecified atom stereocenters. The molecule has 6 heteroatoms. The number of ether oxygens (including phenoxy) is 1. The molecular formula is C11H8ClFO4. The molecule has 0 aromatic heterocycles. The van der Waals surface area contributed by atoms with Crippen LogP contribution in [0.25, 0.3) is 0 Å². The molecule has 0 aliphatic carbocycles. The number of hydrogen-bond donors (Lipinski definition) is 0. The van der Waals surface area contributed by atoms with Crippen LogP contribution in [0.2, 0.25) is 5.02 Å². The normalized spacial score (nSPS) is 9.82. The van der Waals surface area contributed by atoms with Crippen LogP contribution in [0.1, 0.15) is 17.3 Å². The molecule has 4 nitrogen and oxygen atoms in total. The Labute approximate surface area is 101 Å². The molecule has 17 heavy (non-hydrogen) atoms. The summed E-state index contributed by atoms with van der Waals surface area (Å²) < 4.78 is 17.7. The van der Waals surface area contributed by atoms with Crippen LogP contribution >= 0.6 is 11.6 Å². The SMILES string of the molecule is CCOC(=O)C(=O)C(=O)c1c(F)cccc1Cl. The Kier molecular flexibility index (Phi) is 4.34. The first-order valence-electron chi connectivity index (χ1n) is 4.68. The van der Waals surface area contributed by atoms with E-state index in [1.165, 1.54) is 19.1 Å². The highest BCUT2D eigenvalue weighted by Crippen LogP contribution is 2.19. The maximum atomic E-state index is 13.3. The summed E-state index contributed by atoms with van der Waals surface area (Å²) in [5, 5.41) is -0.229. The van der Waals surface area contributed by atoms with Crippen molar-refractivity contribution in [1.29, 1.82) is 0 Å². The number of halogens is 2. The van der Waals surface area contributed by atoms with E-state index < -0.39 is 28.9 Å². The van der Waals surface area contributed by atoms with E-state index in [1.807, 2.05) is 0 Å². The van der Waals surface area contributed by atoms with Crippen LogP contribution in [0.5, 0.6) is 0 Å². The molecule has 1 aromatic rings. The summed E-state index contributed by atoms with van der Waals surface area (Å²) in [4.78, 5) is 33.8. The molecule has 0 aliphatic rings. The fraction of sp³-hybridized carbons (Fsp3) is 0.182. The van der Waals surface area contributed by atoms with Crippen LogP contribution in [0, 0.1) is 5.82 Å². The van der Waals surface area contributed by atoms with Crippen LogP contribution < -0.4 is 0 Å². The summed E-state index contributed by atoms with van der Waals surface area (Å²) in [5.74, 6) is -5.04. The van der Waals surface area contributed by atoms with Crippen LogP contribution in [-0.2, 0) is 14.3 Å². The number of Topliss-reactive ketones (excluding diaryl/α,β-unsaturated/α-hetero) is 2. The minimum Gasteiger partial charge on any atom is -0.460 e. The standard InChI is InChI=1S/C11H8ClFO4/c1-2-17-11(16)10(15)9(14)8-6(12)4-3-5-7(8)13/h3-5H,2H2,1H3. The molecular weight excluding hydrogens is 251 g/mol. The molecule has 0 saturated carbocycles. The summed E-state index contributed by atoms with van der Waals surface area (Å²) in [6.45, 7) is 1.43. The number of carbonyl (C=O) groups is 3. The van der Waals surface area contributed by atoms with Crippen molar-refractivity contribution in [3.63, 3.8) is 0 Å². The van der Waals surface area contributed by atoms with E-state index in [-0.39, 0.29) is 11.6 Å². The molecule has 0 N–H and O–H groups in total. The predicted molar refractivity (Wildman–Crippen MR) is 57.4 cm³/mol. The fourth-order valence-corrected chi connectivity index (χ4v) is 1.37. The number of benzene rings is 1. The van der Waals surface area contributed by atoms with Gasteiger partial charge < -0.3 is 4.74 Å². The van der Waals surface area contributed by atoms with Gasteiger partial charge in [0, 0.05) is 0 Å². The lowest BCUT2D eigenvalue weighted by atomic mass is 10.1. The van der Waals surface area contributed by atoms with E-state index >= 15 is 0 Å². The van der Waals surface area contributed by atoms with E-state index in [0.717, 1.165) is 6.07 Å². The molecule has 0 spiro atoms. The predicted octanol–water partition coefficient (Wildman–Crippen LogP) is 1.79. The zero-order valence-corrected chi connectivity index (χ0v) is 9.58. The maximum Gasteiger partial charge on any atom is 0.383 e. The number of carbonyl (C=O) groups excluding carboxylic acids is 3. The second kappa shape index (κ2) is 5.54. The van der Waals surface area contributed by atoms with E-state index in [9.17, 15) is 18.8 Å². The van der Waals surface area contributed by atoms with Crippen LogP contribution in [0.15, 0.2) is 18.2 Å². The first-order valence-corrected chi connectivity index (χ1v) is 5.06. The molecule has 0 fully saturated rings. The molecule has 1 rings (SSSR count). The topological polar surface area (TPSA) is 60.4 Å². The minimum atomic E-state index is -1.45. The zero-order chi connectivity index (χ0) is 13.0. The van der Waals surface area contributed by atoms with Gasteiger partial charge in [-0.3, -0.25) is 9.59 Å². The van der Waals surface area contributed by atoms with Crippen molar-refractivity contribution in [2.45, 2.75) is 6.92 Å². The van der Waals surface area contributed by atoms with Crippen molar-refractivity contribution in [2.75, 3.05) is 6.61 Å². The number of esters is 1. The largest absolute Gasteiger partial charge is 0.460 e. The van der Waals surface area contributed by atoms with Gasteiger partial charge >= 0.3 is 11.8 Å². The van der Waals surface area contributed by atoms with Gasteiger partial charge in [0.1, 0.15) is 5.82 Å². The van der Waals surface area contributed by atoms with E-state index in [0.29, 0.717) is 0 Å². The summed E-state index contributed by atoms with van der Waals surface area (Å²) >= 11 is 5.59. The quantitative estimate of drug-likeness (QED) is 0.358. The fourth-order valence-electron chi connectivity index (χ4n) is 1.12. The Morgan fingerprint density at radius 2 is 2.00 bits per heavy atom. The van der Waals surface area contributed by atoms with E-state index in [1.54, 1.807) is 0 Å². The lowest BCUT2D eigenvalue weighted by Crippen LogP contribution is -2.27. The Morgan fingerprint density at radius 3 is 2.53 bits per heavy atom. The van der Waals surface area contributed by atoms with Crippen molar-refractivity contribution in [3.8, 4) is 0 Å². The molecule has 1 aromatic carbocycles. The molecule has 0 aliphatic heterocycles. The number of rotatable bonds is 4. The van der Waals surface area contributed by atoms with Crippen LogP contribution in [0.4, 0.5) is 4.39 Å². The van der Waals surface area contributed by atoms with Crippen molar-refractivity contribution in [1.82, 2.24) is 0 Å². The van der Waals surface area contributed by atoms with Crippen LogP contribution in [0.3, 0.4) is 0 Å². The average Bonchev–Trinajstić information content (AvgIpc) is 2.27. The number of ketones is 2. The lowest BCUT2D eigenvalue weighted by Gasteiger charge is -2.03. The van der Waals surface area contributed by atoms with Crippen molar-refractivity contribution in [3.05, 3.63) is 34.6 Å². The van der Waals surface area contributed by atoms with Gasteiger partial charge in [-0.05, 0) is 19.1 Å². The summed E-state index contributed by atoms with van der Waals surface area (Å²) in [6.07, 6.45) is 0. The van der Waals surface area contributed by atoms with Gasteiger partial charge in [-0.1, -0.05) is 17.7 Å². The summed E-state index contributed by atoms with van der Waals surface area (Å²) in [5.41, 5.74) is -0.618. The molecule has 0 amide bonds. The Hall–Kier alpha value is -1.75. The average molecular weight is 259 g/mol. The van der Waals surface area contributed by atoms with E-state index in [4.69, 9.17) is 11.6 Å². The van der Waals surface area contributed by atoms with E-state index in [2.05, 4.69) is 4.74 Å². The third-order valence-electron chi connectivity index (χ3n) is 1.86. The number of hydrogen-bond acceptors (Lipinski definition) is 4. The van der Waals surface area contributed by atoms with Gasteiger partial charge in [0.05, 0.1) is 17.2 Å². The lowest BCUT2D eigenvalue weighted by molar-refractivity contribution is -0.151. The van der Waals surface area contributed by atoms with Crippen molar-refractivity contribution < 1.29 is 23.5 Å². The Morgan fingerprint density at radius 1 is 1.35 bits per heavy atom. The Bertz CT molecular complexity index is 464. The van der Waals surface area contributed by atoms with Gasteiger partial charge in [-0.2, -0.15) is 0 Å². The van der Waals surface area contributed by atoms with Gasteiger partial charge in [0.2, 0.25) is 5.78 Å². The third-order valence-corrected chi connectivity index (χ3v) is 2.17. The highest BCUT2D eigenvalue weighted by Gasteiger charge is 2.29. The molecule has 90 valence electrons. The molecule has 0 atom stereocenters. The zero-order valence-electron chi connectivity index (χ0n) is 8.83. The molecule has 0 radical (unpaired) electrons. The Balaban J connectivity index is 3.05. The second-order valence-electron chi connectivity index (χ2n) is 2.98. The van der Waals surface area contributed by atoms with Gasteiger partial charge in [0.25, 0.3) is 0 Å². The first kappa shape index (κ1) is 13.3. The monoisotopic (exact) mass is 258 g/mol. The second-order valence-corrected chi connectivity index (χ2v) is 3.38. The smallest absolute Gasteiger partial charge is 0.383 e. The first-order chi connectivity index (χ1) is 7.99. The summed E-state index contributed by atoms with van der Waals surface area (Å²) in [7, 11) is 0. The summed E-state index contributed by atoms with van der Waals surface area (Å²) in [6, 6.07) is 3.50. The van der Waals surface area contributed by atoms with Crippen LogP contribution in [-0.4, -0.2) is 24.1 Å².